The summed E-state index contributed by atoms with van der Waals surface area (Å²) in [4.78, 5) is 14.0. The molecule has 16 heavy (non-hydrogen) atoms. The second kappa shape index (κ2) is 4.84. The highest BCUT2D eigenvalue weighted by atomic mass is 32.2. The predicted molar refractivity (Wildman–Crippen MR) is 64.5 cm³/mol. The van der Waals surface area contributed by atoms with Crippen molar-refractivity contribution in [3.05, 3.63) is 0 Å². The molecule has 2 fully saturated rings. The first-order chi connectivity index (χ1) is 7.68. The highest BCUT2D eigenvalue weighted by Crippen LogP contribution is 2.34. The molecule has 92 valence electrons. The SMILES string of the molecule is CCS(=O)CCN1CNC2(CCCC2)C1=O. The summed E-state index contributed by atoms with van der Waals surface area (Å²) in [6, 6.07) is 0. The molecule has 5 heteroatoms. The van der Waals surface area contributed by atoms with Gasteiger partial charge in [0.05, 0.1) is 12.2 Å². The maximum atomic E-state index is 12.2. The molecule has 1 aliphatic carbocycles. The van der Waals surface area contributed by atoms with Gasteiger partial charge in [0.15, 0.2) is 0 Å². The molecule has 1 aliphatic heterocycles. The molecule has 1 saturated carbocycles. The van der Waals surface area contributed by atoms with Crippen molar-refractivity contribution in [2.75, 3.05) is 24.7 Å². The second-order valence-electron chi connectivity index (χ2n) is 4.63. The van der Waals surface area contributed by atoms with Crippen LogP contribution in [0.25, 0.3) is 0 Å². The van der Waals surface area contributed by atoms with Gasteiger partial charge in [-0.15, -0.1) is 0 Å². The lowest BCUT2D eigenvalue weighted by Crippen LogP contribution is -2.44. The van der Waals surface area contributed by atoms with Crippen LogP contribution < -0.4 is 5.32 Å². The van der Waals surface area contributed by atoms with Crippen LogP contribution in [0.5, 0.6) is 0 Å². The van der Waals surface area contributed by atoms with Crippen LogP contribution in [-0.2, 0) is 15.6 Å². The minimum absolute atomic E-state index is 0.234. The average Bonchev–Trinajstić information content (AvgIpc) is 2.88. The Morgan fingerprint density at radius 1 is 1.44 bits per heavy atom. The molecule has 1 amide bonds. The third-order valence-electron chi connectivity index (χ3n) is 3.67. The Bertz CT molecular complexity index is 300. The zero-order chi connectivity index (χ0) is 11.6. The Morgan fingerprint density at radius 3 is 2.75 bits per heavy atom. The summed E-state index contributed by atoms with van der Waals surface area (Å²) < 4.78 is 11.3. The molecule has 0 aromatic rings. The van der Waals surface area contributed by atoms with Gasteiger partial charge >= 0.3 is 0 Å². The van der Waals surface area contributed by atoms with Crippen LogP contribution in [0.15, 0.2) is 0 Å². The van der Waals surface area contributed by atoms with E-state index in [0.29, 0.717) is 24.7 Å². The molecule has 0 bridgehead atoms. The molecule has 0 aromatic carbocycles. The third-order valence-corrected chi connectivity index (χ3v) is 4.95. The van der Waals surface area contributed by atoms with Crippen molar-refractivity contribution in [2.24, 2.45) is 0 Å². The van der Waals surface area contributed by atoms with Gasteiger partial charge in [0, 0.05) is 28.9 Å². The largest absolute Gasteiger partial charge is 0.327 e. The Labute approximate surface area is 99.2 Å². The number of hydrogen-bond acceptors (Lipinski definition) is 3. The number of nitrogens with one attached hydrogen (secondary N) is 1. The predicted octanol–water partition coefficient (Wildman–Crippen LogP) is 0.457. The normalized spacial score (nSPS) is 25.6. The first-order valence-corrected chi connectivity index (χ1v) is 7.56. The monoisotopic (exact) mass is 244 g/mol. The zero-order valence-electron chi connectivity index (χ0n) is 9.83. The number of carbonyl (C=O) groups is 1. The second-order valence-corrected chi connectivity index (χ2v) is 6.49. The summed E-state index contributed by atoms with van der Waals surface area (Å²) in [6.45, 7) is 3.19. The van der Waals surface area contributed by atoms with Crippen molar-refractivity contribution in [2.45, 2.75) is 38.1 Å². The van der Waals surface area contributed by atoms with E-state index < -0.39 is 10.8 Å². The lowest BCUT2D eigenvalue weighted by Gasteiger charge is -2.21. The van der Waals surface area contributed by atoms with Crippen molar-refractivity contribution in [3.8, 4) is 0 Å². The van der Waals surface area contributed by atoms with E-state index in [-0.39, 0.29) is 11.4 Å². The van der Waals surface area contributed by atoms with Crippen molar-refractivity contribution >= 4 is 16.7 Å². The van der Waals surface area contributed by atoms with Crippen LogP contribution in [0.3, 0.4) is 0 Å². The molecule has 0 aromatic heterocycles. The van der Waals surface area contributed by atoms with E-state index in [0.717, 1.165) is 25.7 Å². The van der Waals surface area contributed by atoms with E-state index in [1.54, 1.807) is 0 Å². The molecule has 1 saturated heterocycles. The van der Waals surface area contributed by atoms with Gasteiger partial charge in [-0.1, -0.05) is 19.8 Å². The summed E-state index contributed by atoms with van der Waals surface area (Å²) >= 11 is 0. The summed E-state index contributed by atoms with van der Waals surface area (Å²) in [5.74, 6) is 1.53. The summed E-state index contributed by atoms with van der Waals surface area (Å²) in [5.41, 5.74) is -0.256. The number of hydrogen-bond donors (Lipinski definition) is 1. The fourth-order valence-electron chi connectivity index (χ4n) is 2.60. The topological polar surface area (TPSA) is 49.4 Å². The van der Waals surface area contributed by atoms with E-state index in [9.17, 15) is 9.00 Å². The Morgan fingerprint density at radius 2 is 2.12 bits per heavy atom. The van der Waals surface area contributed by atoms with E-state index in [4.69, 9.17) is 0 Å². The lowest BCUT2D eigenvalue weighted by molar-refractivity contribution is -0.132. The van der Waals surface area contributed by atoms with Gasteiger partial charge in [-0.3, -0.25) is 14.3 Å². The summed E-state index contributed by atoms with van der Waals surface area (Å²) in [6.07, 6.45) is 4.24. The van der Waals surface area contributed by atoms with Crippen molar-refractivity contribution < 1.29 is 9.00 Å². The first kappa shape index (κ1) is 12.0. The van der Waals surface area contributed by atoms with Gasteiger partial charge in [0.25, 0.3) is 0 Å². The van der Waals surface area contributed by atoms with Gasteiger partial charge in [-0.25, -0.2) is 0 Å². The molecule has 1 spiro atoms. The molecule has 1 unspecified atom stereocenters. The fraction of sp³-hybridized carbons (Fsp3) is 0.909. The quantitative estimate of drug-likeness (QED) is 0.781. The van der Waals surface area contributed by atoms with Crippen molar-refractivity contribution in [1.29, 1.82) is 0 Å². The van der Waals surface area contributed by atoms with E-state index in [1.165, 1.54) is 0 Å². The highest BCUT2D eigenvalue weighted by Gasteiger charge is 2.47. The third kappa shape index (κ3) is 2.15. The first-order valence-electron chi connectivity index (χ1n) is 6.07. The average molecular weight is 244 g/mol. The maximum absolute atomic E-state index is 12.2. The molecule has 2 aliphatic rings. The Kier molecular flexibility index (Phi) is 3.64. The summed E-state index contributed by atoms with van der Waals surface area (Å²) in [7, 11) is -0.773. The maximum Gasteiger partial charge on any atom is 0.243 e. The van der Waals surface area contributed by atoms with Crippen LogP contribution in [0.2, 0.25) is 0 Å². The number of carbonyl (C=O) groups excluding carboxylic acids is 1. The minimum Gasteiger partial charge on any atom is -0.327 e. The van der Waals surface area contributed by atoms with Crippen molar-refractivity contribution in [1.82, 2.24) is 10.2 Å². The molecule has 2 rings (SSSR count). The highest BCUT2D eigenvalue weighted by molar-refractivity contribution is 7.84. The van der Waals surface area contributed by atoms with Crippen LogP contribution in [0, 0.1) is 0 Å². The van der Waals surface area contributed by atoms with Gasteiger partial charge in [0.1, 0.15) is 0 Å². The molecule has 1 atom stereocenters. The van der Waals surface area contributed by atoms with Gasteiger partial charge in [0.2, 0.25) is 5.91 Å². The zero-order valence-corrected chi connectivity index (χ0v) is 10.6. The van der Waals surface area contributed by atoms with Gasteiger partial charge in [-0.2, -0.15) is 0 Å². The van der Waals surface area contributed by atoms with E-state index in [2.05, 4.69) is 5.32 Å². The molecule has 1 N–H and O–H groups in total. The van der Waals surface area contributed by atoms with Crippen LogP contribution in [-0.4, -0.2) is 45.3 Å². The number of nitrogens with zero attached hydrogens (tertiary/aromatic N) is 1. The van der Waals surface area contributed by atoms with Crippen LogP contribution in [0.1, 0.15) is 32.6 Å². The lowest BCUT2D eigenvalue weighted by atomic mass is 9.98. The van der Waals surface area contributed by atoms with Crippen LogP contribution >= 0.6 is 0 Å². The molecule has 4 nitrogen and oxygen atoms in total. The molecular weight excluding hydrogens is 224 g/mol. The smallest absolute Gasteiger partial charge is 0.243 e. The van der Waals surface area contributed by atoms with Crippen LogP contribution in [0.4, 0.5) is 0 Å². The number of rotatable bonds is 4. The minimum atomic E-state index is -0.773. The van der Waals surface area contributed by atoms with E-state index >= 15 is 0 Å². The standard InChI is InChI=1S/C11H20N2O2S/c1-2-16(15)8-7-13-9-12-11(10(13)14)5-3-4-6-11/h12H,2-9H2,1H3. The van der Waals surface area contributed by atoms with Gasteiger partial charge in [-0.05, 0) is 12.8 Å². The van der Waals surface area contributed by atoms with E-state index in [1.807, 2.05) is 11.8 Å². The Balaban J connectivity index is 1.89. The molecular formula is C11H20N2O2S. The Hall–Kier alpha value is -0.420. The summed E-state index contributed by atoms with van der Waals surface area (Å²) in [5, 5.41) is 3.35. The molecule has 1 heterocycles. The van der Waals surface area contributed by atoms with Crippen molar-refractivity contribution in [3.63, 3.8) is 0 Å². The number of amides is 1. The molecule has 0 radical (unpaired) electrons. The fourth-order valence-corrected chi connectivity index (χ4v) is 3.32. The van der Waals surface area contributed by atoms with Gasteiger partial charge < -0.3 is 4.90 Å².